The highest BCUT2D eigenvalue weighted by molar-refractivity contribution is 5.33. The summed E-state index contributed by atoms with van der Waals surface area (Å²) in [7, 11) is 1.90. The van der Waals surface area contributed by atoms with Gasteiger partial charge >= 0.3 is 0 Å². The summed E-state index contributed by atoms with van der Waals surface area (Å²) in [5.74, 6) is 1.00. The molecule has 0 fully saturated rings. The number of hydrogen-bond acceptors (Lipinski definition) is 3. The summed E-state index contributed by atoms with van der Waals surface area (Å²) >= 11 is 0. The van der Waals surface area contributed by atoms with E-state index in [1.807, 2.05) is 20.0 Å². The van der Waals surface area contributed by atoms with Gasteiger partial charge in [0.25, 0.3) is 0 Å². The highest BCUT2D eigenvalue weighted by Crippen LogP contribution is 2.08. The molecule has 74 valence electrons. The van der Waals surface area contributed by atoms with Crippen LogP contribution >= 0.6 is 0 Å². The topological polar surface area (TPSA) is 55.9 Å². The lowest BCUT2D eigenvalue weighted by Crippen LogP contribution is -2.42. The standard InChI is InChI=1S/C9H18N4/c1-4-9(2,10)7-11-8-5-6-12-13(8)3/h5-6,11H,4,7,10H2,1-3H3. The molecular formula is C9H18N4. The van der Waals surface area contributed by atoms with Gasteiger partial charge in [-0.15, -0.1) is 0 Å². The molecule has 13 heavy (non-hydrogen) atoms. The number of nitrogens with one attached hydrogen (secondary N) is 1. The minimum Gasteiger partial charge on any atom is -0.368 e. The van der Waals surface area contributed by atoms with Crippen LogP contribution < -0.4 is 11.1 Å². The Morgan fingerprint density at radius 1 is 1.69 bits per heavy atom. The van der Waals surface area contributed by atoms with Crippen LogP contribution in [0.5, 0.6) is 0 Å². The minimum atomic E-state index is -0.149. The molecule has 1 atom stereocenters. The Kier molecular flexibility index (Phi) is 2.93. The number of anilines is 1. The molecule has 4 nitrogen and oxygen atoms in total. The van der Waals surface area contributed by atoms with Crippen molar-refractivity contribution in [1.82, 2.24) is 9.78 Å². The Hall–Kier alpha value is -1.03. The molecule has 1 aromatic rings. The van der Waals surface area contributed by atoms with Crippen molar-refractivity contribution < 1.29 is 0 Å². The van der Waals surface area contributed by atoms with Crippen molar-refractivity contribution in [2.45, 2.75) is 25.8 Å². The Labute approximate surface area is 79.1 Å². The maximum atomic E-state index is 5.99. The fourth-order valence-corrected chi connectivity index (χ4v) is 0.965. The molecule has 0 saturated heterocycles. The zero-order valence-corrected chi connectivity index (χ0v) is 8.54. The molecule has 0 saturated carbocycles. The Balaban J connectivity index is 2.48. The second kappa shape index (κ2) is 3.79. The molecule has 1 aromatic heterocycles. The fraction of sp³-hybridized carbons (Fsp3) is 0.667. The molecule has 0 aliphatic heterocycles. The normalized spacial score (nSPS) is 15.4. The predicted octanol–water partition coefficient (Wildman–Crippen LogP) is 0.959. The zero-order valence-electron chi connectivity index (χ0n) is 8.54. The molecule has 0 aliphatic rings. The largest absolute Gasteiger partial charge is 0.368 e. The molecule has 0 aromatic carbocycles. The van der Waals surface area contributed by atoms with Gasteiger partial charge < -0.3 is 11.1 Å². The lowest BCUT2D eigenvalue weighted by Gasteiger charge is -2.23. The van der Waals surface area contributed by atoms with Gasteiger partial charge in [-0.3, -0.25) is 4.68 Å². The fourth-order valence-electron chi connectivity index (χ4n) is 0.965. The zero-order chi connectivity index (χ0) is 9.90. The van der Waals surface area contributed by atoms with Gasteiger partial charge in [0.05, 0.1) is 6.20 Å². The number of aryl methyl sites for hydroxylation is 1. The van der Waals surface area contributed by atoms with Gasteiger partial charge in [-0.05, 0) is 13.3 Å². The molecule has 0 bridgehead atoms. The molecule has 1 heterocycles. The third-order valence-electron chi connectivity index (χ3n) is 2.30. The van der Waals surface area contributed by atoms with Gasteiger partial charge in [0.15, 0.2) is 0 Å². The summed E-state index contributed by atoms with van der Waals surface area (Å²) in [6.45, 7) is 4.89. The van der Waals surface area contributed by atoms with Gasteiger partial charge in [-0.1, -0.05) is 6.92 Å². The maximum absolute atomic E-state index is 5.99. The molecule has 1 unspecified atom stereocenters. The van der Waals surface area contributed by atoms with E-state index in [1.54, 1.807) is 10.9 Å². The second-order valence-electron chi connectivity index (χ2n) is 3.70. The molecule has 0 aliphatic carbocycles. The Bertz CT molecular complexity index is 264. The Morgan fingerprint density at radius 2 is 2.38 bits per heavy atom. The minimum absolute atomic E-state index is 0.149. The Morgan fingerprint density at radius 3 is 2.85 bits per heavy atom. The molecule has 1 rings (SSSR count). The van der Waals surface area contributed by atoms with Crippen LogP contribution in [0.3, 0.4) is 0 Å². The number of nitrogens with two attached hydrogens (primary N) is 1. The predicted molar refractivity (Wildman–Crippen MR) is 54.6 cm³/mol. The summed E-state index contributed by atoms with van der Waals surface area (Å²) < 4.78 is 1.80. The van der Waals surface area contributed by atoms with Gasteiger partial charge in [0.2, 0.25) is 0 Å². The van der Waals surface area contributed by atoms with E-state index in [1.165, 1.54) is 0 Å². The van der Waals surface area contributed by atoms with Gasteiger partial charge in [0.1, 0.15) is 5.82 Å². The lowest BCUT2D eigenvalue weighted by molar-refractivity contribution is 0.476. The van der Waals surface area contributed by atoms with Crippen LogP contribution in [-0.2, 0) is 7.05 Å². The maximum Gasteiger partial charge on any atom is 0.123 e. The van der Waals surface area contributed by atoms with Gasteiger partial charge in [-0.2, -0.15) is 5.10 Å². The van der Waals surface area contributed by atoms with Gasteiger partial charge in [-0.25, -0.2) is 0 Å². The van der Waals surface area contributed by atoms with E-state index in [0.29, 0.717) is 0 Å². The molecule has 0 amide bonds. The summed E-state index contributed by atoms with van der Waals surface area (Å²) in [6, 6.07) is 1.94. The van der Waals surface area contributed by atoms with Gasteiger partial charge in [0, 0.05) is 25.2 Å². The molecule has 4 heteroatoms. The van der Waals surface area contributed by atoms with E-state index in [9.17, 15) is 0 Å². The molecule has 3 N–H and O–H groups in total. The number of aromatic nitrogens is 2. The lowest BCUT2D eigenvalue weighted by atomic mass is 10.0. The van der Waals surface area contributed by atoms with Crippen LogP contribution in [0.2, 0.25) is 0 Å². The van der Waals surface area contributed by atoms with Crippen LogP contribution in [0, 0.1) is 0 Å². The first-order valence-corrected chi connectivity index (χ1v) is 4.56. The van der Waals surface area contributed by atoms with Crippen LogP contribution in [0.25, 0.3) is 0 Å². The monoisotopic (exact) mass is 182 g/mol. The van der Waals surface area contributed by atoms with Crippen molar-refractivity contribution in [2.24, 2.45) is 12.8 Å². The summed E-state index contributed by atoms with van der Waals surface area (Å²) in [5, 5.41) is 7.32. The van der Waals surface area contributed by atoms with Crippen LogP contribution in [0.4, 0.5) is 5.82 Å². The second-order valence-corrected chi connectivity index (χ2v) is 3.70. The van der Waals surface area contributed by atoms with E-state index in [-0.39, 0.29) is 5.54 Å². The molecule has 0 spiro atoms. The van der Waals surface area contributed by atoms with Crippen molar-refractivity contribution in [2.75, 3.05) is 11.9 Å². The molecule has 0 radical (unpaired) electrons. The smallest absolute Gasteiger partial charge is 0.123 e. The van der Waals surface area contributed by atoms with Crippen molar-refractivity contribution in [3.63, 3.8) is 0 Å². The first-order chi connectivity index (χ1) is 6.05. The van der Waals surface area contributed by atoms with E-state index in [4.69, 9.17) is 5.73 Å². The summed E-state index contributed by atoms with van der Waals surface area (Å²) in [4.78, 5) is 0. The van der Waals surface area contributed by atoms with Crippen LogP contribution in [0.1, 0.15) is 20.3 Å². The van der Waals surface area contributed by atoms with Crippen molar-refractivity contribution in [3.8, 4) is 0 Å². The quantitative estimate of drug-likeness (QED) is 0.729. The summed E-state index contributed by atoms with van der Waals surface area (Å²) in [6.07, 6.45) is 2.72. The van der Waals surface area contributed by atoms with Crippen LogP contribution in [0.15, 0.2) is 12.3 Å². The van der Waals surface area contributed by atoms with E-state index >= 15 is 0 Å². The highest BCUT2D eigenvalue weighted by atomic mass is 15.3. The third-order valence-corrected chi connectivity index (χ3v) is 2.30. The third kappa shape index (κ3) is 2.73. The number of hydrogen-bond donors (Lipinski definition) is 2. The SMILES string of the molecule is CCC(C)(N)CNc1ccnn1C. The van der Waals surface area contributed by atoms with Crippen molar-refractivity contribution in [1.29, 1.82) is 0 Å². The van der Waals surface area contributed by atoms with E-state index < -0.39 is 0 Å². The van der Waals surface area contributed by atoms with E-state index in [2.05, 4.69) is 17.3 Å². The highest BCUT2D eigenvalue weighted by Gasteiger charge is 2.15. The molecular weight excluding hydrogens is 164 g/mol. The average molecular weight is 182 g/mol. The van der Waals surface area contributed by atoms with Crippen molar-refractivity contribution >= 4 is 5.82 Å². The first kappa shape index (κ1) is 10.1. The van der Waals surface area contributed by atoms with E-state index in [0.717, 1.165) is 18.8 Å². The summed E-state index contributed by atoms with van der Waals surface area (Å²) in [5.41, 5.74) is 5.84. The average Bonchev–Trinajstić information content (AvgIpc) is 2.48. The number of nitrogens with zero attached hydrogens (tertiary/aromatic N) is 2. The first-order valence-electron chi connectivity index (χ1n) is 4.56. The van der Waals surface area contributed by atoms with Crippen molar-refractivity contribution in [3.05, 3.63) is 12.3 Å². The number of rotatable bonds is 4. The van der Waals surface area contributed by atoms with Crippen LogP contribution in [-0.4, -0.2) is 21.9 Å².